The predicted octanol–water partition coefficient (Wildman–Crippen LogP) is 1.52. The summed E-state index contributed by atoms with van der Waals surface area (Å²) in [6.45, 7) is 5.15. The minimum Gasteiger partial charge on any atom is -0.480 e. The van der Waals surface area contributed by atoms with E-state index in [0.717, 1.165) is 12.7 Å². The van der Waals surface area contributed by atoms with Crippen molar-refractivity contribution < 1.29 is 29.3 Å². The molecule has 0 heterocycles. The number of carbonyl (C=O) groups is 3. The van der Waals surface area contributed by atoms with Crippen molar-refractivity contribution in [2.75, 3.05) is 7.11 Å². The van der Waals surface area contributed by atoms with Crippen LogP contribution < -0.4 is 0 Å². The second kappa shape index (κ2) is 6.21. The van der Waals surface area contributed by atoms with Crippen molar-refractivity contribution >= 4 is 17.9 Å². The minimum atomic E-state index is -2.06. The fourth-order valence-corrected chi connectivity index (χ4v) is 2.02. The van der Waals surface area contributed by atoms with Crippen molar-refractivity contribution in [2.24, 2.45) is 0 Å². The number of aryl methyl sites for hydroxylation is 1. The summed E-state index contributed by atoms with van der Waals surface area (Å²) in [5.41, 5.74) is -1.62. The van der Waals surface area contributed by atoms with Crippen LogP contribution in [0.2, 0.25) is 0 Å². The summed E-state index contributed by atoms with van der Waals surface area (Å²) in [4.78, 5) is 34.6. The van der Waals surface area contributed by atoms with Gasteiger partial charge in [0.05, 0.1) is 19.1 Å². The van der Waals surface area contributed by atoms with Crippen molar-refractivity contribution in [3.63, 3.8) is 0 Å². The molecule has 112 valence electrons. The largest absolute Gasteiger partial charge is 0.480 e. The molecule has 0 spiro atoms. The Bertz CT molecular complexity index is 587. The van der Waals surface area contributed by atoms with E-state index in [1.54, 1.807) is 19.1 Å². The average molecular weight is 292 g/mol. The highest BCUT2D eigenvalue weighted by Gasteiger charge is 2.48. The molecule has 0 saturated heterocycles. The first-order valence-electron chi connectivity index (χ1n) is 6.05. The van der Waals surface area contributed by atoms with Gasteiger partial charge in [-0.25, -0.2) is 4.79 Å². The van der Waals surface area contributed by atoms with Gasteiger partial charge in [-0.05, 0) is 12.5 Å². The van der Waals surface area contributed by atoms with E-state index < -0.39 is 35.3 Å². The summed E-state index contributed by atoms with van der Waals surface area (Å²) in [5, 5.41) is 18.7. The molecule has 1 aromatic rings. The molecule has 0 amide bonds. The van der Waals surface area contributed by atoms with Gasteiger partial charge in [-0.3, -0.25) is 9.59 Å². The summed E-state index contributed by atoms with van der Waals surface area (Å²) in [7, 11) is 1.10. The van der Waals surface area contributed by atoms with Crippen molar-refractivity contribution in [3.8, 4) is 0 Å². The van der Waals surface area contributed by atoms with E-state index in [0.29, 0.717) is 0 Å². The first-order valence-corrected chi connectivity index (χ1v) is 6.05. The first-order chi connectivity index (χ1) is 9.75. The Balaban J connectivity index is 3.54. The Morgan fingerprint density at radius 2 is 1.71 bits per heavy atom. The molecule has 0 bridgehead atoms. The Kier molecular flexibility index (Phi) is 4.86. The van der Waals surface area contributed by atoms with Crippen LogP contribution in [0.1, 0.15) is 17.5 Å². The molecule has 0 fully saturated rings. The molecule has 0 aromatic heterocycles. The Morgan fingerprint density at radius 3 is 2.10 bits per heavy atom. The summed E-state index contributed by atoms with van der Waals surface area (Å²) in [5.74, 6) is -3.79. The summed E-state index contributed by atoms with van der Waals surface area (Å²) >= 11 is 0. The highest BCUT2D eigenvalue weighted by Crippen LogP contribution is 2.36. The zero-order valence-electron chi connectivity index (χ0n) is 11.8. The standard InChI is InChI=1S/C15H16O6/c1-9-4-6-11(7-5-9)15(14(19)20,8-12(16)21-3)10(2)13(17)18/h4-7H,2,8H2,1,3H3,(H,17,18)(H,19,20). The quantitative estimate of drug-likeness (QED) is 0.609. The third kappa shape index (κ3) is 3.10. The van der Waals surface area contributed by atoms with Crippen LogP contribution in [0, 0.1) is 6.92 Å². The maximum Gasteiger partial charge on any atom is 0.332 e. The van der Waals surface area contributed by atoms with Gasteiger partial charge in [0.1, 0.15) is 5.41 Å². The molecule has 1 atom stereocenters. The monoisotopic (exact) mass is 292 g/mol. The van der Waals surface area contributed by atoms with Crippen molar-refractivity contribution in [3.05, 3.63) is 47.5 Å². The second-order valence-corrected chi connectivity index (χ2v) is 4.61. The van der Waals surface area contributed by atoms with Gasteiger partial charge in [0.25, 0.3) is 0 Å². The highest BCUT2D eigenvalue weighted by molar-refractivity contribution is 6.02. The molecule has 0 aliphatic heterocycles. The molecule has 0 aliphatic rings. The maximum atomic E-state index is 11.8. The number of benzene rings is 1. The lowest BCUT2D eigenvalue weighted by molar-refractivity contribution is -0.152. The zero-order chi connectivity index (χ0) is 16.2. The van der Waals surface area contributed by atoms with Gasteiger partial charge < -0.3 is 14.9 Å². The van der Waals surface area contributed by atoms with Gasteiger partial charge in [0.2, 0.25) is 0 Å². The number of hydrogen-bond donors (Lipinski definition) is 2. The molecule has 21 heavy (non-hydrogen) atoms. The van der Waals surface area contributed by atoms with Gasteiger partial charge in [-0.1, -0.05) is 36.4 Å². The fourth-order valence-electron chi connectivity index (χ4n) is 2.02. The number of ether oxygens (including phenoxy) is 1. The lowest BCUT2D eigenvalue weighted by atomic mass is 9.72. The predicted molar refractivity (Wildman–Crippen MR) is 73.9 cm³/mol. The SMILES string of the molecule is C=C(C(=O)O)C(CC(=O)OC)(C(=O)O)c1ccc(C)cc1. The third-order valence-electron chi connectivity index (χ3n) is 3.32. The van der Waals surface area contributed by atoms with Gasteiger partial charge in [0.15, 0.2) is 0 Å². The summed E-state index contributed by atoms with van der Waals surface area (Å²) < 4.78 is 4.49. The van der Waals surface area contributed by atoms with Crippen LogP contribution in [0.25, 0.3) is 0 Å². The van der Waals surface area contributed by atoms with Gasteiger partial charge in [-0.2, -0.15) is 0 Å². The Morgan fingerprint density at radius 1 is 1.19 bits per heavy atom. The normalized spacial score (nSPS) is 13.0. The lowest BCUT2D eigenvalue weighted by Gasteiger charge is -2.29. The van der Waals surface area contributed by atoms with Crippen LogP contribution in [0.3, 0.4) is 0 Å². The second-order valence-electron chi connectivity index (χ2n) is 4.61. The van der Waals surface area contributed by atoms with Gasteiger partial charge in [-0.15, -0.1) is 0 Å². The summed E-state index contributed by atoms with van der Waals surface area (Å²) in [6, 6.07) is 6.22. The molecule has 0 saturated carbocycles. The van der Waals surface area contributed by atoms with Crippen molar-refractivity contribution in [1.29, 1.82) is 0 Å². The molecule has 0 aliphatic carbocycles. The number of esters is 1. The lowest BCUT2D eigenvalue weighted by Crippen LogP contribution is -2.42. The van der Waals surface area contributed by atoms with Crippen molar-refractivity contribution in [1.82, 2.24) is 0 Å². The molecule has 1 aromatic carbocycles. The number of methoxy groups -OCH3 is 1. The number of hydrogen-bond acceptors (Lipinski definition) is 4. The zero-order valence-corrected chi connectivity index (χ0v) is 11.8. The summed E-state index contributed by atoms with van der Waals surface area (Å²) in [6.07, 6.45) is -0.646. The number of rotatable bonds is 6. The molecule has 0 radical (unpaired) electrons. The number of aliphatic carboxylic acids is 2. The topological polar surface area (TPSA) is 101 Å². The minimum absolute atomic E-state index is 0.165. The molecular weight excluding hydrogens is 276 g/mol. The van der Waals surface area contributed by atoms with Crippen LogP contribution in [0.4, 0.5) is 0 Å². The van der Waals surface area contributed by atoms with E-state index >= 15 is 0 Å². The molecule has 6 heteroatoms. The first kappa shape index (κ1) is 16.4. The molecule has 2 N–H and O–H groups in total. The maximum absolute atomic E-state index is 11.8. The van der Waals surface area contributed by atoms with Gasteiger partial charge >= 0.3 is 17.9 Å². The molecule has 1 rings (SSSR count). The Labute approximate surface area is 121 Å². The molecular formula is C15H16O6. The van der Waals surface area contributed by atoms with Crippen LogP contribution in [-0.2, 0) is 24.5 Å². The highest BCUT2D eigenvalue weighted by atomic mass is 16.5. The fraction of sp³-hybridized carbons (Fsp3) is 0.267. The van der Waals surface area contributed by atoms with Gasteiger partial charge in [0, 0.05) is 0 Å². The Hall–Kier alpha value is -2.63. The number of carboxylic acids is 2. The van der Waals surface area contributed by atoms with Crippen LogP contribution in [0.15, 0.2) is 36.4 Å². The van der Waals surface area contributed by atoms with E-state index in [2.05, 4.69) is 11.3 Å². The van der Waals surface area contributed by atoms with Crippen LogP contribution >= 0.6 is 0 Å². The van der Waals surface area contributed by atoms with E-state index in [1.807, 2.05) is 0 Å². The van der Waals surface area contributed by atoms with E-state index in [9.17, 15) is 19.5 Å². The van der Waals surface area contributed by atoms with Crippen LogP contribution in [-0.4, -0.2) is 35.2 Å². The number of carbonyl (C=O) groups excluding carboxylic acids is 1. The molecule has 6 nitrogen and oxygen atoms in total. The smallest absolute Gasteiger partial charge is 0.332 e. The third-order valence-corrected chi connectivity index (χ3v) is 3.32. The average Bonchev–Trinajstić information content (AvgIpc) is 2.44. The van der Waals surface area contributed by atoms with Crippen LogP contribution in [0.5, 0.6) is 0 Å². The van der Waals surface area contributed by atoms with Crippen molar-refractivity contribution in [2.45, 2.75) is 18.8 Å². The number of carboxylic acid groups (broad SMARTS) is 2. The molecule has 1 unspecified atom stereocenters. The van der Waals surface area contributed by atoms with E-state index in [4.69, 9.17) is 5.11 Å². The van der Waals surface area contributed by atoms with E-state index in [-0.39, 0.29) is 5.56 Å². The van der Waals surface area contributed by atoms with E-state index in [1.165, 1.54) is 12.1 Å².